The summed E-state index contributed by atoms with van der Waals surface area (Å²) in [5, 5.41) is 10.8. The number of aryl methyl sites for hydroxylation is 1. The first kappa shape index (κ1) is 18.3. The minimum absolute atomic E-state index is 0.0102. The van der Waals surface area contributed by atoms with Crippen LogP contribution in [0.4, 0.5) is 0 Å². The molecular weight excluding hydrogens is 370 g/mol. The van der Waals surface area contributed by atoms with Crippen LogP contribution in [0.25, 0.3) is 0 Å². The molecule has 1 aromatic heterocycles. The Morgan fingerprint density at radius 2 is 2.17 bits per heavy atom. The zero-order valence-corrected chi connectivity index (χ0v) is 15.9. The molecular formula is C17H24BrN5O. The Kier molecular flexibility index (Phi) is 7.11. The maximum atomic E-state index is 5.91. The molecule has 0 spiro atoms. The smallest absolute Gasteiger partial charge is 0.191 e. The van der Waals surface area contributed by atoms with Gasteiger partial charge in [-0.25, -0.2) is 0 Å². The van der Waals surface area contributed by atoms with Gasteiger partial charge >= 0.3 is 0 Å². The molecule has 0 radical (unpaired) electrons. The topological polar surface area (TPSA) is 63.5 Å². The van der Waals surface area contributed by atoms with Crippen molar-refractivity contribution >= 4 is 21.9 Å². The number of nitrogens with one attached hydrogen (secondary N) is 2. The fraction of sp³-hybridized carbons (Fsp3) is 0.412. The van der Waals surface area contributed by atoms with Crippen molar-refractivity contribution in [2.75, 3.05) is 20.1 Å². The van der Waals surface area contributed by atoms with Gasteiger partial charge in [-0.15, -0.1) is 0 Å². The second-order valence-corrected chi connectivity index (χ2v) is 6.37. The van der Waals surface area contributed by atoms with Crippen molar-refractivity contribution in [1.29, 1.82) is 0 Å². The van der Waals surface area contributed by atoms with Crippen LogP contribution in [0.5, 0.6) is 5.75 Å². The van der Waals surface area contributed by atoms with Crippen molar-refractivity contribution in [3.8, 4) is 5.75 Å². The first-order chi connectivity index (χ1) is 11.6. The lowest BCUT2D eigenvalue weighted by Gasteiger charge is -2.18. The van der Waals surface area contributed by atoms with E-state index in [0.717, 1.165) is 34.8 Å². The number of ether oxygens (including phenoxy) is 1. The van der Waals surface area contributed by atoms with Crippen molar-refractivity contribution in [2.45, 2.75) is 26.5 Å². The predicted octanol–water partition coefficient (Wildman–Crippen LogP) is 2.59. The van der Waals surface area contributed by atoms with E-state index in [0.29, 0.717) is 6.54 Å². The minimum Gasteiger partial charge on any atom is -0.488 e. The maximum absolute atomic E-state index is 5.91. The molecule has 0 bridgehead atoms. The Morgan fingerprint density at radius 3 is 2.83 bits per heavy atom. The SMILES string of the molecule is CN=C(NCCn1cc(C)cn1)NCC(C)Oc1ccccc1Br. The lowest BCUT2D eigenvalue weighted by Crippen LogP contribution is -2.42. The molecule has 1 aromatic carbocycles. The lowest BCUT2D eigenvalue weighted by atomic mass is 10.3. The van der Waals surface area contributed by atoms with Gasteiger partial charge in [-0.05, 0) is 47.5 Å². The third-order valence-corrected chi connectivity index (χ3v) is 4.00. The molecule has 2 rings (SSSR count). The van der Waals surface area contributed by atoms with Crippen LogP contribution >= 0.6 is 15.9 Å². The molecule has 1 atom stereocenters. The summed E-state index contributed by atoms with van der Waals surface area (Å²) in [5.41, 5.74) is 1.16. The van der Waals surface area contributed by atoms with Crippen LogP contribution in [-0.4, -0.2) is 42.0 Å². The van der Waals surface area contributed by atoms with Crippen LogP contribution in [0.15, 0.2) is 46.1 Å². The van der Waals surface area contributed by atoms with Gasteiger partial charge in [0, 0.05) is 19.8 Å². The summed E-state index contributed by atoms with van der Waals surface area (Å²) in [7, 11) is 1.76. The molecule has 0 amide bonds. The Hall–Kier alpha value is -2.02. The fourth-order valence-electron chi connectivity index (χ4n) is 2.14. The Balaban J connectivity index is 1.71. The van der Waals surface area contributed by atoms with Gasteiger partial charge < -0.3 is 15.4 Å². The van der Waals surface area contributed by atoms with Crippen molar-refractivity contribution < 1.29 is 4.74 Å². The quantitative estimate of drug-likeness (QED) is 0.560. The molecule has 1 heterocycles. The van der Waals surface area contributed by atoms with Crippen molar-refractivity contribution in [3.05, 3.63) is 46.7 Å². The summed E-state index contributed by atoms with van der Waals surface area (Å²) in [5.74, 6) is 1.59. The molecule has 2 N–H and O–H groups in total. The van der Waals surface area contributed by atoms with Gasteiger partial charge in [-0.1, -0.05) is 12.1 Å². The van der Waals surface area contributed by atoms with Crippen molar-refractivity contribution in [1.82, 2.24) is 20.4 Å². The fourth-order valence-corrected chi connectivity index (χ4v) is 2.52. The normalized spacial score (nSPS) is 12.8. The summed E-state index contributed by atoms with van der Waals surface area (Å²) >= 11 is 3.49. The summed E-state index contributed by atoms with van der Waals surface area (Å²) in [4.78, 5) is 4.22. The molecule has 24 heavy (non-hydrogen) atoms. The maximum Gasteiger partial charge on any atom is 0.191 e. The molecule has 1 unspecified atom stereocenters. The summed E-state index contributed by atoms with van der Waals surface area (Å²) in [6.07, 6.45) is 3.88. The molecule has 6 nitrogen and oxygen atoms in total. The molecule has 0 saturated heterocycles. The number of halogens is 1. The number of guanidine groups is 1. The summed E-state index contributed by atoms with van der Waals surface area (Å²) in [6, 6.07) is 7.83. The Bertz CT molecular complexity index is 671. The molecule has 2 aromatic rings. The second-order valence-electron chi connectivity index (χ2n) is 5.52. The summed E-state index contributed by atoms with van der Waals surface area (Å²) in [6.45, 7) is 6.25. The third-order valence-electron chi connectivity index (χ3n) is 3.34. The van der Waals surface area contributed by atoms with Gasteiger partial charge in [0.15, 0.2) is 5.96 Å². The molecule has 0 saturated carbocycles. The van der Waals surface area contributed by atoms with Gasteiger partial charge in [0.2, 0.25) is 0 Å². The second kappa shape index (κ2) is 9.32. The molecule has 130 valence electrons. The van der Waals surface area contributed by atoms with E-state index in [2.05, 4.69) is 36.7 Å². The van der Waals surface area contributed by atoms with E-state index in [1.54, 1.807) is 7.05 Å². The highest BCUT2D eigenvalue weighted by atomic mass is 79.9. The number of rotatable bonds is 7. The number of benzene rings is 1. The number of aromatic nitrogens is 2. The zero-order chi connectivity index (χ0) is 17.4. The first-order valence-corrected chi connectivity index (χ1v) is 8.72. The summed E-state index contributed by atoms with van der Waals surface area (Å²) < 4.78 is 8.77. The standard InChI is InChI=1S/C17H24BrN5O/c1-13-10-22-23(12-13)9-8-20-17(19-3)21-11-14(2)24-16-7-5-4-6-15(16)18/h4-7,10,12,14H,8-9,11H2,1-3H3,(H2,19,20,21). The van der Waals surface area contributed by atoms with Gasteiger partial charge in [0.1, 0.15) is 11.9 Å². The monoisotopic (exact) mass is 393 g/mol. The van der Waals surface area contributed by atoms with Gasteiger partial charge in [-0.3, -0.25) is 9.67 Å². The van der Waals surface area contributed by atoms with E-state index < -0.39 is 0 Å². The number of nitrogens with zero attached hydrogens (tertiary/aromatic N) is 3. The van der Waals surface area contributed by atoms with Crippen LogP contribution in [0.1, 0.15) is 12.5 Å². The third kappa shape index (κ3) is 5.88. The number of para-hydroxylation sites is 1. The van der Waals surface area contributed by atoms with Crippen molar-refractivity contribution in [2.24, 2.45) is 4.99 Å². The highest BCUT2D eigenvalue weighted by Gasteiger charge is 2.07. The van der Waals surface area contributed by atoms with E-state index in [9.17, 15) is 0 Å². The van der Waals surface area contributed by atoms with E-state index in [4.69, 9.17) is 4.74 Å². The van der Waals surface area contributed by atoms with Crippen molar-refractivity contribution in [3.63, 3.8) is 0 Å². The van der Waals surface area contributed by atoms with E-state index >= 15 is 0 Å². The van der Waals surface area contributed by atoms with Gasteiger partial charge in [0.25, 0.3) is 0 Å². The largest absolute Gasteiger partial charge is 0.488 e. The highest BCUT2D eigenvalue weighted by Crippen LogP contribution is 2.24. The zero-order valence-electron chi connectivity index (χ0n) is 14.3. The average molecular weight is 394 g/mol. The lowest BCUT2D eigenvalue weighted by molar-refractivity contribution is 0.222. The van der Waals surface area contributed by atoms with Crippen LogP contribution in [-0.2, 0) is 6.54 Å². The molecule has 0 fully saturated rings. The van der Waals surface area contributed by atoms with Crippen LogP contribution in [0.3, 0.4) is 0 Å². The van der Waals surface area contributed by atoms with E-state index in [-0.39, 0.29) is 6.10 Å². The highest BCUT2D eigenvalue weighted by molar-refractivity contribution is 9.10. The first-order valence-electron chi connectivity index (χ1n) is 7.93. The van der Waals surface area contributed by atoms with Gasteiger partial charge in [-0.2, -0.15) is 5.10 Å². The molecule has 0 aliphatic heterocycles. The van der Waals surface area contributed by atoms with Crippen LogP contribution in [0.2, 0.25) is 0 Å². The van der Waals surface area contributed by atoms with E-state index in [1.165, 1.54) is 0 Å². The van der Waals surface area contributed by atoms with Crippen LogP contribution < -0.4 is 15.4 Å². The Labute approximate surface area is 151 Å². The predicted molar refractivity (Wildman–Crippen MR) is 101 cm³/mol. The van der Waals surface area contributed by atoms with Gasteiger partial charge in [0.05, 0.1) is 23.8 Å². The van der Waals surface area contributed by atoms with Crippen LogP contribution in [0, 0.1) is 6.92 Å². The number of hydrogen-bond acceptors (Lipinski definition) is 3. The van der Waals surface area contributed by atoms with E-state index in [1.807, 2.05) is 55.2 Å². The minimum atomic E-state index is 0.0102. The molecule has 0 aliphatic carbocycles. The number of aliphatic imine (C=N–C) groups is 1. The number of hydrogen-bond donors (Lipinski definition) is 2. The Morgan fingerprint density at radius 1 is 1.38 bits per heavy atom. The molecule has 0 aliphatic rings. The average Bonchev–Trinajstić information content (AvgIpc) is 2.98. The molecule has 7 heteroatoms.